The second kappa shape index (κ2) is 7.88. The first-order valence-corrected chi connectivity index (χ1v) is 10.2. The highest BCUT2D eigenvalue weighted by atomic mass is 32.2. The van der Waals surface area contributed by atoms with Gasteiger partial charge in [-0.2, -0.15) is 13.2 Å². The molecule has 0 saturated heterocycles. The summed E-state index contributed by atoms with van der Waals surface area (Å²) in [5, 5.41) is 3.24. The first kappa shape index (κ1) is 21.2. The molecule has 2 aliphatic rings. The minimum Gasteiger partial charge on any atom is -0.441 e. The molecule has 0 radical (unpaired) electrons. The van der Waals surface area contributed by atoms with Crippen LogP contribution in [0.3, 0.4) is 0 Å². The standard InChI is InChI=1S/C22H18F3N3O2S/c1-13(29)27-20-28-19-17(4-3-10-21(19,2)31-20)30-18-12-15(9-11-26-18)14-5-7-16(8-6-14)22(23,24)25/h3-12,19H,1-2H3,(H,27,28,29)/t19?,21-/m1/s1. The third kappa shape index (κ3) is 4.51. The van der Waals surface area contributed by atoms with Crippen molar-refractivity contribution in [2.24, 2.45) is 4.99 Å². The van der Waals surface area contributed by atoms with Crippen molar-refractivity contribution >= 4 is 22.8 Å². The molecule has 1 N–H and O–H groups in total. The Labute approximate surface area is 181 Å². The largest absolute Gasteiger partial charge is 0.441 e. The fraction of sp³-hybridized carbons (Fsp3) is 0.227. The average molecular weight is 445 g/mol. The second-order valence-corrected chi connectivity index (χ2v) is 8.76. The molecule has 1 aliphatic heterocycles. The molecule has 2 aromatic rings. The summed E-state index contributed by atoms with van der Waals surface area (Å²) in [5.41, 5.74) is 0.591. The highest BCUT2D eigenvalue weighted by molar-refractivity contribution is 8.15. The number of carbonyl (C=O) groups is 1. The van der Waals surface area contributed by atoms with Gasteiger partial charge in [0.05, 0.1) is 10.3 Å². The Morgan fingerprint density at radius 1 is 1.19 bits per heavy atom. The molecule has 31 heavy (non-hydrogen) atoms. The van der Waals surface area contributed by atoms with Crippen molar-refractivity contribution in [2.45, 2.75) is 30.8 Å². The van der Waals surface area contributed by atoms with Gasteiger partial charge in [-0.25, -0.2) is 9.98 Å². The maximum absolute atomic E-state index is 12.8. The normalized spacial score (nSPS) is 22.4. The number of aliphatic imine (C=N–C) groups is 1. The summed E-state index contributed by atoms with van der Waals surface area (Å²) in [4.78, 5) is 20.2. The minimum absolute atomic E-state index is 0.199. The van der Waals surface area contributed by atoms with Crippen LogP contribution in [0.2, 0.25) is 0 Å². The quantitative estimate of drug-likeness (QED) is 0.725. The number of nitrogens with one attached hydrogen (secondary N) is 1. The van der Waals surface area contributed by atoms with Crippen molar-refractivity contribution in [3.8, 4) is 17.0 Å². The van der Waals surface area contributed by atoms with Gasteiger partial charge in [-0.3, -0.25) is 4.79 Å². The van der Waals surface area contributed by atoms with Gasteiger partial charge in [-0.05, 0) is 42.3 Å². The summed E-state index contributed by atoms with van der Waals surface area (Å²) in [6.45, 7) is 3.42. The number of amidine groups is 1. The minimum atomic E-state index is -4.38. The fourth-order valence-corrected chi connectivity index (χ4v) is 4.54. The first-order chi connectivity index (χ1) is 14.6. The number of thioether (sulfide) groups is 1. The van der Waals surface area contributed by atoms with E-state index in [2.05, 4.69) is 15.3 Å². The highest BCUT2D eigenvalue weighted by Gasteiger charge is 2.44. The van der Waals surface area contributed by atoms with Gasteiger partial charge in [0.2, 0.25) is 11.8 Å². The van der Waals surface area contributed by atoms with E-state index in [4.69, 9.17) is 4.74 Å². The molecule has 1 unspecified atom stereocenters. The number of benzene rings is 1. The maximum atomic E-state index is 12.8. The van der Waals surface area contributed by atoms with Crippen molar-refractivity contribution in [3.05, 3.63) is 72.1 Å². The number of amides is 1. The maximum Gasteiger partial charge on any atom is 0.416 e. The van der Waals surface area contributed by atoms with E-state index in [1.807, 2.05) is 19.1 Å². The van der Waals surface area contributed by atoms with Crippen molar-refractivity contribution in [1.29, 1.82) is 0 Å². The number of aromatic nitrogens is 1. The zero-order valence-corrected chi connectivity index (χ0v) is 17.4. The Hall–Kier alpha value is -3.07. The molecular weight excluding hydrogens is 427 g/mol. The number of hydrogen-bond donors (Lipinski definition) is 1. The van der Waals surface area contributed by atoms with E-state index in [-0.39, 0.29) is 11.9 Å². The smallest absolute Gasteiger partial charge is 0.416 e. The van der Waals surface area contributed by atoms with Crippen LogP contribution in [-0.2, 0) is 11.0 Å². The summed E-state index contributed by atoms with van der Waals surface area (Å²) in [7, 11) is 0. The zero-order valence-electron chi connectivity index (χ0n) is 16.6. The van der Waals surface area contributed by atoms with E-state index < -0.39 is 16.5 Å². The number of hydrogen-bond acceptors (Lipinski definition) is 5. The van der Waals surface area contributed by atoms with Gasteiger partial charge in [0.15, 0.2) is 5.17 Å². The van der Waals surface area contributed by atoms with Crippen LogP contribution < -0.4 is 10.1 Å². The van der Waals surface area contributed by atoms with Crippen molar-refractivity contribution in [3.63, 3.8) is 0 Å². The lowest BCUT2D eigenvalue weighted by Crippen LogP contribution is -2.34. The predicted octanol–water partition coefficient (Wildman–Crippen LogP) is 4.97. The fourth-order valence-electron chi connectivity index (χ4n) is 3.35. The summed E-state index contributed by atoms with van der Waals surface area (Å²) in [5.74, 6) is 0.666. The lowest BCUT2D eigenvalue weighted by atomic mass is 9.95. The zero-order chi connectivity index (χ0) is 22.2. The lowest BCUT2D eigenvalue weighted by Gasteiger charge is -2.29. The van der Waals surface area contributed by atoms with Gasteiger partial charge in [0, 0.05) is 19.2 Å². The van der Waals surface area contributed by atoms with E-state index in [1.165, 1.54) is 37.0 Å². The summed E-state index contributed by atoms with van der Waals surface area (Å²) in [6, 6.07) is 7.94. The van der Waals surface area contributed by atoms with Gasteiger partial charge < -0.3 is 10.1 Å². The molecule has 1 aliphatic carbocycles. The Morgan fingerprint density at radius 3 is 2.61 bits per heavy atom. The second-order valence-electron chi connectivity index (χ2n) is 7.29. The number of rotatable bonds is 3. The number of nitrogens with zero attached hydrogens (tertiary/aromatic N) is 2. The van der Waals surface area contributed by atoms with Gasteiger partial charge in [0.25, 0.3) is 0 Å². The molecule has 1 aromatic carbocycles. The molecule has 0 bridgehead atoms. The Bertz CT molecular complexity index is 1110. The van der Waals surface area contributed by atoms with Crippen LogP contribution in [0.15, 0.2) is 71.6 Å². The number of alkyl halides is 3. The van der Waals surface area contributed by atoms with E-state index in [0.717, 1.165) is 12.1 Å². The molecule has 0 saturated carbocycles. The van der Waals surface area contributed by atoms with Gasteiger partial charge in [-0.1, -0.05) is 36.0 Å². The molecule has 2 atom stereocenters. The number of ether oxygens (including phenoxy) is 1. The van der Waals surface area contributed by atoms with Crippen molar-refractivity contribution in [1.82, 2.24) is 10.3 Å². The number of fused-ring (bicyclic) bond motifs is 1. The summed E-state index contributed by atoms with van der Waals surface area (Å²) >= 11 is 1.44. The lowest BCUT2D eigenvalue weighted by molar-refractivity contribution is -0.137. The number of pyridine rings is 1. The molecule has 2 heterocycles. The highest BCUT2D eigenvalue weighted by Crippen LogP contribution is 2.44. The number of carbonyl (C=O) groups excluding carboxylic acids is 1. The van der Waals surface area contributed by atoms with E-state index >= 15 is 0 Å². The molecule has 4 rings (SSSR count). The predicted molar refractivity (Wildman–Crippen MR) is 114 cm³/mol. The van der Waals surface area contributed by atoms with Crippen LogP contribution in [0, 0.1) is 0 Å². The van der Waals surface area contributed by atoms with Gasteiger partial charge in [0.1, 0.15) is 11.8 Å². The molecule has 0 fully saturated rings. The van der Waals surface area contributed by atoms with Crippen LogP contribution in [0.4, 0.5) is 13.2 Å². The van der Waals surface area contributed by atoms with Crippen LogP contribution in [-0.4, -0.2) is 26.8 Å². The van der Waals surface area contributed by atoms with Crippen molar-refractivity contribution in [2.75, 3.05) is 0 Å². The van der Waals surface area contributed by atoms with Gasteiger partial charge >= 0.3 is 6.18 Å². The monoisotopic (exact) mass is 445 g/mol. The average Bonchev–Trinajstić information content (AvgIpc) is 3.04. The Morgan fingerprint density at radius 2 is 1.94 bits per heavy atom. The van der Waals surface area contributed by atoms with Crippen LogP contribution >= 0.6 is 11.8 Å². The van der Waals surface area contributed by atoms with E-state index in [1.54, 1.807) is 18.2 Å². The van der Waals surface area contributed by atoms with Crippen molar-refractivity contribution < 1.29 is 22.7 Å². The number of halogens is 3. The molecule has 0 spiro atoms. The third-order valence-electron chi connectivity index (χ3n) is 4.85. The molecular formula is C22H18F3N3O2S. The van der Waals surface area contributed by atoms with Crippen LogP contribution in [0.25, 0.3) is 11.1 Å². The van der Waals surface area contributed by atoms with Crippen LogP contribution in [0.1, 0.15) is 19.4 Å². The molecule has 160 valence electrons. The van der Waals surface area contributed by atoms with Gasteiger partial charge in [-0.15, -0.1) is 0 Å². The Kier molecular flexibility index (Phi) is 5.38. The summed E-state index contributed by atoms with van der Waals surface area (Å²) in [6.07, 6.45) is 2.81. The molecule has 5 nitrogen and oxygen atoms in total. The van der Waals surface area contributed by atoms with E-state index in [0.29, 0.717) is 27.9 Å². The SMILES string of the molecule is CC(=O)NC1=NC2C(Oc3cc(-c4ccc(C(F)(F)F)cc4)ccn3)=CC=C[C@@]2(C)S1. The van der Waals surface area contributed by atoms with E-state index in [9.17, 15) is 18.0 Å². The first-order valence-electron chi connectivity index (χ1n) is 9.39. The third-order valence-corrected chi connectivity index (χ3v) is 6.05. The van der Waals surface area contributed by atoms with Crippen LogP contribution in [0.5, 0.6) is 5.88 Å². The molecule has 9 heteroatoms. The number of allylic oxidation sites excluding steroid dienone is 2. The summed E-state index contributed by atoms with van der Waals surface area (Å²) < 4.78 is 44.0. The Balaban J connectivity index is 1.56. The topological polar surface area (TPSA) is 63.6 Å². The molecule has 1 amide bonds. The molecule has 1 aromatic heterocycles.